The van der Waals surface area contributed by atoms with Crippen LogP contribution < -0.4 is 21.2 Å². The Morgan fingerprint density at radius 2 is 2.00 bits per heavy atom. The Balaban J connectivity index is 2.46. The molecule has 1 heterocycles. The van der Waals surface area contributed by atoms with Crippen molar-refractivity contribution in [2.24, 2.45) is 17.3 Å². The van der Waals surface area contributed by atoms with Crippen molar-refractivity contribution in [3.05, 3.63) is 0 Å². The van der Waals surface area contributed by atoms with Gasteiger partial charge in [0.05, 0.1) is 0 Å². The second-order valence-corrected chi connectivity index (χ2v) is 7.57. The fourth-order valence-electron chi connectivity index (χ4n) is 1.68. The summed E-state index contributed by atoms with van der Waals surface area (Å²) >= 11 is 0.551. The molecule has 11 heavy (non-hydrogen) atoms. The fourth-order valence-corrected chi connectivity index (χ4v) is 5.89. The van der Waals surface area contributed by atoms with Gasteiger partial charge in [0.25, 0.3) is 0 Å². The molecule has 0 N–H and O–H groups in total. The van der Waals surface area contributed by atoms with Gasteiger partial charge in [-0.25, -0.2) is 0 Å². The summed E-state index contributed by atoms with van der Waals surface area (Å²) in [5.41, 5.74) is 0.681. The van der Waals surface area contributed by atoms with Gasteiger partial charge in [0.15, 0.2) is 0 Å². The molecule has 0 aliphatic carbocycles. The van der Waals surface area contributed by atoms with E-state index in [0.29, 0.717) is 26.6 Å². The summed E-state index contributed by atoms with van der Waals surface area (Å²) in [6.07, 6.45) is 1.48. The minimum absolute atomic E-state index is 0.551. The van der Waals surface area contributed by atoms with Crippen LogP contribution in [0.25, 0.3) is 0 Å². The summed E-state index contributed by atoms with van der Waals surface area (Å²) in [5.74, 6) is 1.97. The number of alkyl halides is 2. The van der Waals surface area contributed by atoms with E-state index in [1.165, 1.54) is 6.42 Å². The Labute approximate surface area is 81.4 Å². The predicted octanol–water partition coefficient (Wildman–Crippen LogP) is -0.222. The Morgan fingerprint density at radius 3 is 2.36 bits per heavy atom. The Bertz CT molecular complexity index is 127. The second kappa shape index (κ2) is 3.63. The second-order valence-electron chi connectivity index (χ2n) is 4.85. The van der Waals surface area contributed by atoms with E-state index < -0.39 is 0 Å². The van der Waals surface area contributed by atoms with Crippen molar-refractivity contribution in [1.82, 2.24) is 0 Å². The van der Waals surface area contributed by atoms with E-state index >= 15 is 0 Å². The van der Waals surface area contributed by atoms with Gasteiger partial charge in [0.1, 0.15) is 0 Å². The minimum atomic E-state index is 0.551. The maximum atomic E-state index is 2.45. The summed E-state index contributed by atoms with van der Waals surface area (Å²) in [6.45, 7) is 9.66. The molecule has 1 aliphatic heterocycles. The molecule has 68 valence electrons. The van der Waals surface area contributed by atoms with Crippen molar-refractivity contribution in [1.29, 1.82) is 0 Å². The topological polar surface area (TPSA) is 0 Å². The molecule has 1 fully saturated rings. The molecule has 1 rings (SSSR count). The monoisotopic (exact) mass is 267 g/mol. The standard InChI is InChI=1S/C10H20I/c1-8(2)9-5-10(3,4)7-11-6-9/h8-9H,5-7H2,1-4H3/q-1/t9-/m0/s1. The van der Waals surface area contributed by atoms with Gasteiger partial charge >= 0.3 is 81.4 Å². The van der Waals surface area contributed by atoms with Crippen molar-refractivity contribution >= 4 is 0 Å². The van der Waals surface area contributed by atoms with Crippen LogP contribution in [0.1, 0.15) is 34.1 Å². The van der Waals surface area contributed by atoms with Gasteiger partial charge in [-0.2, -0.15) is 0 Å². The van der Waals surface area contributed by atoms with Crippen LogP contribution in [0.2, 0.25) is 0 Å². The number of hydrogen-bond donors (Lipinski definition) is 0. The molecule has 0 saturated carbocycles. The quantitative estimate of drug-likeness (QED) is 0.455. The van der Waals surface area contributed by atoms with E-state index in [-0.39, 0.29) is 0 Å². The molecular weight excluding hydrogens is 247 g/mol. The van der Waals surface area contributed by atoms with Crippen LogP contribution in [0.5, 0.6) is 0 Å². The fraction of sp³-hybridized carbons (Fsp3) is 1.00. The van der Waals surface area contributed by atoms with Crippen LogP contribution in [-0.4, -0.2) is 8.86 Å². The Hall–Kier alpha value is 0.730. The first-order valence-electron chi connectivity index (χ1n) is 4.55. The SMILES string of the molecule is CC(C)[C@@H]1C[I-]CC(C)(C)C1. The van der Waals surface area contributed by atoms with E-state index in [0.717, 1.165) is 11.8 Å². The number of rotatable bonds is 1. The van der Waals surface area contributed by atoms with Gasteiger partial charge in [0.2, 0.25) is 0 Å². The molecule has 0 spiro atoms. The zero-order valence-corrected chi connectivity index (χ0v) is 10.3. The average molecular weight is 267 g/mol. The van der Waals surface area contributed by atoms with E-state index in [4.69, 9.17) is 0 Å². The zero-order valence-electron chi connectivity index (χ0n) is 8.15. The van der Waals surface area contributed by atoms with Crippen molar-refractivity contribution in [2.45, 2.75) is 34.1 Å². The first kappa shape index (κ1) is 9.82. The van der Waals surface area contributed by atoms with Crippen LogP contribution >= 0.6 is 0 Å². The predicted molar refractivity (Wildman–Crippen MR) is 46.5 cm³/mol. The third kappa shape index (κ3) is 2.92. The van der Waals surface area contributed by atoms with E-state index in [1.54, 1.807) is 8.86 Å². The molecule has 1 aliphatic rings. The number of halogens is 1. The van der Waals surface area contributed by atoms with Gasteiger partial charge in [-0.3, -0.25) is 0 Å². The maximum absolute atomic E-state index is 2.45. The Morgan fingerprint density at radius 1 is 1.36 bits per heavy atom. The average Bonchev–Trinajstić information content (AvgIpc) is 1.85. The van der Waals surface area contributed by atoms with Gasteiger partial charge in [-0.1, -0.05) is 0 Å². The van der Waals surface area contributed by atoms with Crippen molar-refractivity contribution in [2.75, 3.05) is 8.86 Å². The van der Waals surface area contributed by atoms with E-state index in [9.17, 15) is 0 Å². The first-order chi connectivity index (χ1) is 5.01. The summed E-state index contributed by atoms with van der Waals surface area (Å²) in [4.78, 5) is 0. The third-order valence-electron chi connectivity index (χ3n) is 2.52. The van der Waals surface area contributed by atoms with E-state index in [2.05, 4.69) is 27.7 Å². The summed E-state index contributed by atoms with van der Waals surface area (Å²) in [5, 5.41) is 0. The molecule has 0 aromatic heterocycles. The molecular formula is C10H20I-. The molecule has 0 amide bonds. The summed E-state index contributed by atoms with van der Waals surface area (Å²) in [7, 11) is 0. The van der Waals surface area contributed by atoms with Crippen molar-refractivity contribution in [3.63, 3.8) is 0 Å². The van der Waals surface area contributed by atoms with Crippen LogP contribution in [0.3, 0.4) is 0 Å². The normalized spacial score (nSPS) is 31.5. The van der Waals surface area contributed by atoms with Gasteiger partial charge in [-0.05, 0) is 0 Å². The van der Waals surface area contributed by atoms with Crippen LogP contribution in [0.4, 0.5) is 0 Å². The Kier molecular flexibility index (Phi) is 3.24. The zero-order chi connectivity index (χ0) is 8.48. The summed E-state index contributed by atoms with van der Waals surface area (Å²) < 4.78 is 3.13. The molecule has 0 radical (unpaired) electrons. The van der Waals surface area contributed by atoms with E-state index in [1.807, 2.05) is 0 Å². The van der Waals surface area contributed by atoms with Gasteiger partial charge < -0.3 is 0 Å². The first-order valence-corrected chi connectivity index (χ1v) is 7.60. The molecule has 0 aromatic rings. The van der Waals surface area contributed by atoms with Gasteiger partial charge in [0, 0.05) is 0 Å². The third-order valence-corrected chi connectivity index (χ3v) is 6.88. The molecule has 0 bridgehead atoms. The molecule has 0 aromatic carbocycles. The molecule has 1 atom stereocenters. The summed E-state index contributed by atoms with van der Waals surface area (Å²) in [6, 6.07) is 0. The van der Waals surface area contributed by atoms with Crippen LogP contribution in [0.15, 0.2) is 0 Å². The number of hydrogen-bond acceptors (Lipinski definition) is 0. The van der Waals surface area contributed by atoms with Crippen molar-refractivity contribution < 1.29 is 21.2 Å². The van der Waals surface area contributed by atoms with Crippen LogP contribution in [0, 0.1) is 17.3 Å². The van der Waals surface area contributed by atoms with Gasteiger partial charge in [-0.15, -0.1) is 0 Å². The molecule has 1 heteroatoms. The molecule has 0 unspecified atom stereocenters. The van der Waals surface area contributed by atoms with Crippen LogP contribution in [-0.2, 0) is 0 Å². The molecule has 1 saturated heterocycles. The van der Waals surface area contributed by atoms with Crippen molar-refractivity contribution in [3.8, 4) is 0 Å². The molecule has 0 nitrogen and oxygen atoms in total.